The Morgan fingerprint density at radius 2 is 2.29 bits per heavy atom. The SMILES string of the molecule is Cc1ccc(NCCn2cc(C(=O)O)nn2)c([N+](=O)[O-])c1. The molecule has 0 bridgehead atoms. The molecule has 9 nitrogen and oxygen atoms in total. The topological polar surface area (TPSA) is 123 Å². The largest absolute Gasteiger partial charge is 0.476 e. The van der Waals surface area contributed by atoms with Gasteiger partial charge in [-0.3, -0.25) is 10.1 Å². The number of carbonyl (C=O) groups is 1. The van der Waals surface area contributed by atoms with Gasteiger partial charge in [0.2, 0.25) is 0 Å². The number of rotatable bonds is 6. The number of nitrogens with one attached hydrogen (secondary N) is 1. The lowest BCUT2D eigenvalue weighted by atomic mass is 10.2. The Morgan fingerprint density at radius 3 is 2.90 bits per heavy atom. The molecule has 0 spiro atoms. The molecule has 0 fully saturated rings. The van der Waals surface area contributed by atoms with Gasteiger partial charge in [0.1, 0.15) is 5.69 Å². The lowest BCUT2D eigenvalue weighted by molar-refractivity contribution is -0.384. The lowest BCUT2D eigenvalue weighted by Crippen LogP contribution is -2.12. The minimum absolute atomic E-state index is 0.000171. The highest BCUT2D eigenvalue weighted by Crippen LogP contribution is 2.24. The van der Waals surface area contributed by atoms with Crippen molar-refractivity contribution in [3.8, 4) is 0 Å². The molecule has 9 heteroatoms. The number of anilines is 1. The fraction of sp³-hybridized carbons (Fsp3) is 0.250. The van der Waals surface area contributed by atoms with Crippen LogP contribution in [0.5, 0.6) is 0 Å². The number of nitrogens with zero attached hydrogens (tertiary/aromatic N) is 4. The van der Waals surface area contributed by atoms with E-state index in [1.165, 1.54) is 16.9 Å². The number of hydrogen-bond donors (Lipinski definition) is 2. The first-order chi connectivity index (χ1) is 9.97. The highest BCUT2D eigenvalue weighted by atomic mass is 16.6. The maximum absolute atomic E-state index is 11.0. The van der Waals surface area contributed by atoms with Crippen LogP contribution in [0.3, 0.4) is 0 Å². The molecule has 0 aliphatic carbocycles. The minimum Gasteiger partial charge on any atom is -0.476 e. The molecular weight excluding hydrogens is 278 g/mol. The Kier molecular flexibility index (Phi) is 4.12. The van der Waals surface area contributed by atoms with Crippen LogP contribution < -0.4 is 5.32 Å². The summed E-state index contributed by atoms with van der Waals surface area (Å²) in [5.74, 6) is -1.15. The van der Waals surface area contributed by atoms with E-state index in [-0.39, 0.29) is 11.4 Å². The zero-order valence-corrected chi connectivity index (χ0v) is 11.2. The monoisotopic (exact) mass is 291 g/mol. The van der Waals surface area contributed by atoms with Gasteiger partial charge in [-0.2, -0.15) is 0 Å². The van der Waals surface area contributed by atoms with Gasteiger partial charge >= 0.3 is 5.97 Å². The molecule has 0 aliphatic rings. The molecule has 0 amide bonds. The summed E-state index contributed by atoms with van der Waals surface area (Å²) in [7, 11) is 0. The van der Waals surface area contributed by atoms with E-state index >= 15 is 0 Å². The summed E-state index contributed by atoms with van der Waals surface area (Å²) < 4.78 is 1.36. The van der Waals surface area contributed by atoms with Crippen LogP contribution in [0.25, 0.3) is 0 Å². The van der Waals surface area contributed by atoms with Gasteiger partial charge in [0.25, 0.3) is 5.69 Å². The van der Waals surface area contributed by atoms with E-state index < -0.39 is 10.9 Å². The highest BCUT2D eigenvalue weighted by Gasteiger charge is 2.13. The summed E-state index contributed by atoms with van der Waals surface area (Å²) in [5.41, 5.74) is 1.06. The van der Waals surface area contributed by atoms with Crippen LogP contribution in [-0.4, -0.2) is 37.5 Å². The minimum atomic E-state index is -1.15. The van der Waals surface area contributed by atoms with E-state index in [1.54, 1.807) is 19.1 Å². The van der Waals surface area contributed by atoms with E-state index in [0.717, 1.165) is 5.56 Å². The number of benzene rings is 1. The maximum atomic E-state index is 11.0. The number of carboxylic acid groups (broad SMARTS) is 1. The van der Waals surface area contributed by atoms with Crippen LogP contribution in [-0.2, 0) is 6.54 Å². The van der Waals surface area contributed by atoms with Crippen molar-refractivity contribution in [1.82, 2.24) is 15.0 Å². The first-order valence-electron chi connectivity index (χ1n) is 6.09. The summed E-state index contributed by atoms with van der Waals surface area (Å²) in [6.07, 6.45) is 1.30. The average Bonchev–Trinajstić information content (AvgIpc) is 2.89. The predicted molar refractivity (Wildman–Crippen MR) is 73.3 cm³/mol. The number of aromatic carboxylic acids is 1. The fourth-order valence-electron chi connectivity index (χ4n) is 1.75. The van der Waals surface area contributed by atoms with Gasteiger partial charge in [-0.15, -0.1) is 5.10 Å². The third kappa shape index (κ3) is 3.53. The second kappa shape index (κ2) is 5.99. The Balaban J connectivity index is 2.00. The number of nitro groups is 1. The second-order valence-electron chi connectivity index (χ2n) is 4.38. The first kappa shape index (κ1) is 14.4. The Morgan fingerprint density at radius 1 is 1.52 bits per heavy atom. The van der Waals surface area contributed by atoms with Crippen molar-refractivity contribution in [1.29, 1.82) is 0 Å². The van der Waals surface area contributed by atoms with Crippen LogP contribution in [0.15, 0.2) is 24.4 Å². The molecule has 21 heavy (non-hydrogen) atoms. The van der Waals surface area contributed by atoms with Gasteiger partial charge in [-0.1, -0.05) is 11.3 Å². The van der Waals surface area contributed by atoms with Gasteiger partial charge in [-0.25, -0.2) is 9.48 Å². The quantitative estimate of drug-likeness (QED) is 0.607. The molecule has 0 atom stereocenters. The molecule has 110 valence electrons. The van der Waals surface area contributed by atoms with Crippen LogP contribution in [0.2, 0.25) is 0 Å². The summed E-state index contributed by atoms with van der Waals surface area (Å²) in [5, 5.41) is 29.7. The summed E-state index contributed by atoms with van der Waals surface area (Å²) in [4.78, 5) is 21.2. The molecule has 0 aliphatic heterocycles. The van der Waals surface area contributed by atoms with Crippen molar-refractivity contribution in [3.05, 3.63) is 45.8 Å². The van der Waals surface area contributed by atoms with Gasteiger partial charge in [0, 0.05) is 12.6 Å². The molecule has 2 N–H and O–H groups in total. The average molecular weight is 291 g/mol. The van der Waals surface area contributed by atoms with Crippen molar-refractivity contribution in [3.63, 3.8) is 0 Å². The Labute approximate surface area is 119 Å². The van der Waals surface area contributed by atoms with Crippen LogP contribution >= 0.6 is 0 Å². The summed E-state index contributed by atoms with van der Waals surface area (Å²) in [6.45, 7) is 2.47. The van der Waals surface area contributed by atoms with Gasteiger partial charge in [-0.05, 0) is 18.6 Å². The molecule has 0 radical (unpaired) electrons. The Hall–Kier alpha value is -2.97. The summed E-state index contributed by atoms with van der Waals surface area (Å²) >= 11 is 0. The fourth-order valence-corrected chi connectivity index (χ4v) is 1.75. The van der Waals surface area contributed by atoms with E-state index in [1.807, 2.05) is 0 Å². The molecule has 1 aromatic heterocycles. The van der Waals surface area contributed by atoms with Crippen molar-refractivity contribution in [2.45, 2.75) is 13.5 Å². The van der Waals surface area contributed by atoms with E-state index in [0.29, 0.717) is 18.8 Å². The van der Waals surface area contributed by atoms with Crippen LogP contribution in [0.1, 0.15) is 16.1 Å². The van der Waals surface area contributed by atoms with E-state index in [4.69, 9.17) is 5.11 Å². The standard InChI is InChI=1S/C12H13N5O4/c1-8-2-3-9(11(6-8)17(20)21)13-4-5-16-7-10(12(18)19)14-15-16/h2-3,6-7,13H,4-5H2,1H3,(H,18,19). The number of hydrogen-bond acceptors (Lipinski definition) is 6. The molecule has 0 saturated carbocycles. The van der Waals surface area contributed by atoms with Gasteiger partial charge < -0.3 is 10.4 Å². The van der Waals surface area contributed by atoms with Gasteiger partial charge in [0.15, 0.2) is 5.69 Å². The third-order valence-corrected chi connectivity index (χ3v) is 2.76. The Bertz CT molecular complexity index is 682. The lowest BCUT2D eigenvalue weighted by Gasteiger charge is -2.07. The van der Waals surface area contributed by atoms with Crippen molar-refractivity contribution >= 4 is 17.3 Å². The number of aryl methyl sites for hydroxylation is 1. The van der Waals surface area contributed by atoms with Gasteiger partial charge in [0.05, 0.1) is 17.7 Å². The summed E-state index contributed by atoms with van der Waals surface area (Å²) in [6, 6.07) is 4.89. The predicted octanol–water partition coefficient (Wildman–Crippen LogP) is 1.31. The number of nitro benzene ring substituents is 1. The van der Waals surface area contributed by atoms with Crippen molar-refractivity contribution < 1.29 is 14.8 Å². The molecule has 2 rings (SSSR count). The molecular formula is C12H13N5O4. The first-order valence-corrected chi connectivity index (χ1v) is 6.09. The zero-order valence-electron chi connectivity index (χ0n) is 11.2. The normalized spacial score (nSPS) is 10.3. The maximum Gasteiger partial charge on any atom is 0.358 e. The highest BCUT2D eigenvalue weighted by molar-refractivity contribution is 5.84. The molecule has 0 saturated heterocycles. The molecule has 1 aromatic carbocycles. The van der Waals surface area contributed by atoms with Crippen LogP contribution in [0, 0.1) is 17.0 Å². The van der Waals surface area contributed by atoms with Crippen LogP contribution in [0.4, 0.5) is 11.4 Å². The number of carboxylic acids is 1. The molecule has 2 aromatic rings. The second-order valence-corrected chi connectivity index (χ2v) is 4.38. The third-order valence-electron chi connectivity index (χ3n) is 2.76. The molecule has 1 heterocycles. The number of aromatic nitrogens is 3. The van der Waals surface area contributed by atoms with E-state index in [2.05, 4.69) is 15.6 Å². The zero-order chi connectivity index (χ0) is 15.4. The van der Waals surface area contributed by atoms with Crippen molar-refractivity contribution in [2.24, 2.45) is 0 Å². The smallest absolute Gasteiger partial charge is 0.358 e. The van der Waals surface area contributed by atoms with Crippen molar-refractivity contribution in [2.75, 3.05) is 11.9 Å². The van der Waals surface area contributed by atoms with E-state index in [9.17, 15) is 14.9 Å². The molecule has 0 unspecified atom stereocenters.